The molecule has 0 heterocycles. The predicted molar refractivity (Wildman–Crippen MR) is 68.3 cm³/mol. The maximum absolute atomic E-state index is 10.7. The second kappa shape index (κ2) is 5.89. The molecule has 0 aliphatic heterocycles. The fourth-order valence-corrected chi connectivity index (χ4v) is 1.49. The van der Waals surface area contributed by atoms with Gasteiger partial charge in [0, 0.05) is 0 Å². The molecule has 0 fully saturated rings. The molecular weight excluding hydrogens is 232 g/mol. The molecule has 1 aromatic carbocycles. The van der Waals surface area contributed by atoms with E-state index < -0.39 is 14.1 Å². The van der Waals surface area contributed by atoms with Gasteiger partial charge in [0.25, 0.3) is 0 Å². The van der Waals surface area contributed by atoms with Crippen LogP contribution in [0.15, 0.2) is 18.2 Å². The smallest absolute Gasteiger partial charge is 0.335 e. The number of nitrogen functional groups attached to an aromatic ring is 1. The second-order valence-corrected chi connectivity index (χ2v) is 4.77. The van der Waals surface area contributed by atoms with Gasteiger partial charge in [-0.2, -0.15) is 9.90 Å². The zero-order valence-corrected chi connectivity index (χ0v) is 11.0. The number of nitrogens with two attached hydrogens (primary N) is 1. The van der Waals surface area contributed by atoms with Crippen molar-refractivity contribution in [3.63, 3.8) is 0 Å². The van der Waals surface area contributed by atoms with Crippen molar-refractivity contribution in [1.82, 2.24) is 0 Å². The Bertz CT molecular complexity index is 355. The summed E-state index contributed by atoms with van der Waals surface area (Å²) in [5, 5.41) is 8.74. The summed E-state index contributed by atoms with van der Waals surface area (Å²) in [5.74, 6) is -0.535. The van der Waals surface area contributed by atoms with Crippen molar-refractivity contribution in [1.29, 1.82) is 0 Å². The molecule has 84 valence electrons. The summed E-state index contributed by atoms with van der Waals surface area (Å²) in [6, 6.07) is 4.44. The Labute approximate surface area is 93.3 Å². The highest BCUT2D eigenvalue weighted by Gasteiger charge is 2.08. The first-order valence-corrected chi connectivity index (χ1v) is 6.14. The molecule has 0 aliphatic carbocycles. The van der Waals surface area contributed by atoms with Crippen LogP contribution < -0.4 is 10.3 Å². The summed E-state index contributed by atoms with van der Waals surface area (Å²) in [6.45, 7) is 3.84. The molecule has 0 bridgehead atoms. The van der Waals surface area contributed by atoms with E-state index in [1.807, 2.05) is 13.3 Å². The average molecular weight is 247 g/mol. The summed E-state index contributed by atoms with van der Waals surface area (Å²) >= 11 is 0. The van der Waals surface area contributed by atoms with Crippen LogP contribution in [0.1, 0.15) is 10.4 Å². The monoisotopic (exact) mass is 247 g/mol. The molecule has 1 atom stereocenters. The van der Waals surface area contributed by atoms with Gasteiger partial charge in [-0.3, -0.25) is 0 Å². The number of carboxylic acids is 1. The lowest BCUT2D eigenvalue weighted by molar-refractivity contribution is 0.0696. The number of rotatable bonds is 3. The first-order chi connectivity index (χ1) is 6.50. The van der Waals surface area contributed by atoms with Gasteiger partial charge in [-0.1, -0.05) is 0 Å². The summed E-state index contributed by atoms with van der Waals surface area (Å²) in [7, 11) is -0.598. The Morgan fingerprint density at radius 2 is 2.07 bits per heavy atom. The summed E-state index contributed by atoms with van der Waals surface area (Å²) < 4.78 is 5.41. The molecule has 0 amide bonds. The Morgan fingerprint density at radius 1 is 1.47 bits per heavy atom. The van der Waals surface area contributed by atoms with Gasteiger partial charge >= 0.3 is 5.97 Å². The SMILES string of the molecule is CP(C)Oc1cc(C(=O)O)ccc1N.P. The standard InChI is InChI=1S/C9H12NO3P.H3P/c1-14(2)13-8-5-6(9(11)12)3-4-7(8)10;/h3-5H,10H2,1-2H3,(H,11,12);1H3. The second-order valence-electron chi connectivity index (χ2n) is 2.96. The van der Waals surface area contributed by atoms with Crippen LogP contribution in [0.25, 0.3) is 0 Å². The third-order valence-corrected chi connectivity index (χ3v) is 2.10. The topological polar surface area (TPSA) is 72.5 Å². The highest BCUT2D eigenvalue weighted by Crippen LogP contribution is 2.34. The van der Waals surface area contributed by atoms with E-state index in [0.717, 1.165) is 0 Å². The van der Waals surface area contributed by atoms with Crippen molar-refractivity contribution < 1.29 is 14.4 Å². The molecule has 4 nitrogen and oxygen atoms in total. The minimum absolute atomic E-state index is 0. The van der Waals surface area contributed by atoms with E-state index in [4.69, 9.17) is 15.4 Å². The molecule has 6 heteroatoms. The van der Waals surface area contributed by atoms with Gasteiger partial charge < -0.3 is 15.4 Å². The first-order valence-electron chi connectivity index (χ1n) is 3.99. The van der Waals surface area contributed by atoms with Crippen LogP contribution in [0.5, 0.6) is 5.75 Å². The zero-order chi connectivity index (χ0) is 10.7. The van der Waals surface area contributed by atoms with E-state index >= 15 is 0 Å². The molecule has 0 spiro atoms. The lowest BCUT2D eigenvalue weighted by Gasteiger charge is -2.11. The molecule has 0 saturated heterocycles. The van der Waals surface area contributed by atoms with Gasteiger partial charge in [0.15, 0.2) is 0 Å². The predicted octanol–water partition coefficient (Wildman–Crippen LogP) is 2.06. The van der Waals surface area contributed by atoms with Gasteiger partial charge in [0.2, 0.25) is 0 Å². The molecule has 1 aromatic rings. The van der Waals surface area contributed by atoms with Crippen molar-refractivity contribution in [2.75, 3.05) is 19.1 Å². The third kappa shape index (κ3) is 4.03. The minimum Gasteiger partial charge on any atom is -0.478 e. The van der Waals surface area contributed by atoms with E-state index in [1.165, 1.54) is 18.2 Å². The van der Waals surface area contributed by atoms with Gasteiger partial charge in [-0.05, 0) is 31.5 Å². The Kier molecular flexibility index (Phi) is 5.56. The van der Waals surface area contributed by atoms with Crippen molar-refractivity contribution in [2.45, 2.75) is 0 Å². The summed E-state index contributed by atoms with van der Waals surface area (Å²) in [5.41, 5.74) is 6.28. The van der Waals surface area contributed by atoms with Crippen molar-refractivity contribution in [3.8, 4) is 5.75 Å². The highest BCUT2D eigenvalue weighted by molar-refractivity contribution is 7.51. The molecule has 3 N–H and O–H groups in total. The van der Waals surface area contributed by atoms with E-state index in [0.29, 0.717) is 11.4 Å². The quantitative estimate of drug-likeness (QED) is 0.633. The van der Waals surface area contributed by atoms with Crippen LogP contribution in [0.2, 0.25) is 0 Å². The van der Waals surface area contributed by atoms with Crippen molar-refractivity contribution in [2.24, 2.45) is 0 Å². The Morgan fingerprint density at radius 3 is 2.53 bits per heavy atom. The zero-order valence-electron chi connectivity index (χ0n) is 8.73. The van der Waals surface area contributed by atoms with Crippen LogP contribution in [-0.2, 0) is 0 Å². The summed E-state index contributed by atoms with van der Waals surface area (Å²) in [4.78, 5) is 10.7. The molecule has 1 unspecified atom stereocenters. The lowest BCUT2D eigenvalue weighted by atomic mass is 10.2. The van der Waals surface area contributed by atoms with Gasteiger partial charge in [-0.25, -0.2) is 4.79 Å². The van der Waals surface area contributed by atoms with Crippen molar-refractivity contribution >= 4 is 29.7 Å². The number of hydrogen-bond acceptors (Lipinski definition) is 3. The van der Waals surface area contributed by atoms with E-state index in [2.05, 4.69) is 0 Å². The Hall–Kier alpha value is -0.850. The maximum Gasteiger partial charge on any atom is 0.335 e. The van der Waals surface area contributed by atoms with Crippen LogP contribution in [0.4, 0.5) is 5.69 Å². The normalized spacial score (nSPS) is 9.53. The Balaban J connectivity index is 0.00000196. The fraction of sp³-hybridized carbons (Fsp3) is 0.222. The fourth-order valence-electron chi connectivity index (χ4n) is 0.943. The molecule has 0 aromatic heterocycles. The summed E-state index contributed by atoms with van der Waals surface area (Å²) in [6.07, 6.45) is 0. The van der Waals surface area contributed by atoms with Crippen LogP contribution >= 0.6 is 18.0 Å². The number of carboxylic acid groups (broad SMARTS) is 1. The third-order valence-electron chi connectivity index (χ3n) is 1.54. The molecule has 0 aliphatic rings. The molecule has 0 saturated carbocycles. The largest absolute Gasteiger partial charge is 0.478 e. The van der Waals surface area contributed by atoms with Gasteiger partial charge in [-0.15, -0.1) is 0 Å². The van der Waals surface area contributed by atoms with Crippen LogP contribution in [0, 0.1) is 0 Å². The van der Waals surface area contributed by atoms with Crippen LogP contribution in [0.3, 0.4) is 0 Å². The van der Waals surface area contributed by atoms with E-state index in [9.17, 15) is 4.79 Å². The van der Waals surface area contributed by atoms with Gasteiger partial charge in [0.05, 0.1) is 19.4 Å². The molecular formula is C9H15NO3P2. The molecule has 15 heavy (non-hydrogen) atoms. The van der Waals surface area contributed by atoms with E-state index in [1.54, 1.807) is 0 Å². The lowest BCUT2D eigenvalue weighted by Crippen LogP contribution is -1.99. The number of aromatic carboxylic acids is 1. The minimum atomic E-state index is -0.980. The highest BCUT2D eigenvalue weighted by atomic mass is 31.1. The average Bonchev–Trinajstić information content (AvgIpc) is 2.07. The van der Waals surface area contributed by atoms with Crippen molar-refractivity contribution in [3.05, 3.63) is 23.8 Å². The number of hydrogen-bond donors (Lipinski definition) is 2. The number of benzene rings is 1. The molecule has 0 radical (unpaired) electrons. The van der Waals surface area contributed by atoms with E-state index in [-0.39, 0.29) is 15.5 Å². The van der Waals surface area contributed by atoms with Gasteiger partial charge in [0.1, 0.15) is 5.75 Å². The first kappa shape index (κ1) is 14.2. The number of carbonyl (C=O) groups is 1. The van der Waals surface area contributed by atoms with Crippen LogP contribution in [-0.4, -0.2) is 24.4 Å². The maximum atomic E-state index is 10.7. The molecule has 1 rings (SSSR count). The number of anilines is 1.